The van der Waals surface area contributed by atoms with E-state index in [0.29, 0.717) is 5.16 Å². The Morgan fingerprint density at radius 3 is 2.81 bits per heavy atom. The van der Waals surface area contributed by atoms with Crippen LogP contribution < -0.4 is 5.32 Å². The summed E-state index contributed by atoms with van der Waals surface area (Å²) < 4.78 is 15.6. The molecule has 2 unspecified atom stereocenters. The van der Waals surface area contributed by atoms with Crippen molar-refractivity contribution in [1.29, 1.82) is 5.26 Å². The molecule has 0 radical (unpaired) electrons. The number of hydrogen-bond acceptors (Lipinski definition) is 4. The zero-order valence-corrected chi connectivity index (χ0v) is 11.0. The first-order valence-electron chi connectivity index (χ1n) is 4.81. The van der Waals surface area contributed by atoms with E-state index in [1.165, 1.54) is 6.26 Å². The minimum Gasteiger partial charge on any atom is -0.370 e. The number of nitriles is 1. The second-order valence-electron chi connectivity index (χ2n) is 3.74. The molecule has 0 fully saturated rings. The predicted octanol–water partition coefficient (Wildman–Crippen LogP) is 1.95. The SMILES string of the molecule is CC1NC(Cl)=CC=C1[C@H](C)S(C)(=O)=NC#N. The van der Waals surface area contributed by atoms with Crippen molar-refractivity contribution >= 4 is 21.3 Å². The fourth-order valence-corrected chi connectivity index (χ4v) is 2.89. The van der Waals surface area contributed by atoms with E-state index < -0.39 is 9.73 Å². The van der Waals surface area contributed by atoms with Crippen LogP contribution in [0.25, 0.3) is 0 Å². The summed E-state index contributed by atoms with van der Waals surface area (Å²) in [6.07, 6.45) is 6.66. The van der Waals surface area contributed by atoms with Crippen molar-refractivity contribution in [3.63, 3.8) is 0 Å². The average Bonchev–Trinajstić information content (AvgIpc) is 2.16. The Hall–Kier alpha value is -0.990. The number of allylic oxidation sites excluding steroid dienone is 2. The molecule has 0 aromatic rings. The maximum Gasteiger partial charge on any atom is 0.214 e. The third-order valence-corrected chi connectivity index (χ3v) is 4.89. The van der Waals surface area contributed by atoms with Crippen LogP contribution in [-0.4, -0.2) is 21.8 Å². The Bertz CT molecular complexity index is 495. The fourth-order valence-electron chi connectivity index (χ4n) is 1.55. The van der Waals surface area contributed by atoms with Gasteiger partial charge in [0.1, 0.15) is 5.16 Å². The van der Waals surface area contributed by atoms with Gasteiger partial charge in [-0.3, -0.25) is 0 Å². The van der Waals surface area contributed by atoms with E-state index in [0.717, 1.165) is 5.57 Å². The summed E-state index contributed by atoms with van der Waals surface area (Å²) in [7, 11) is -2.53. The molecule has 0 aromatic heterocycles. The Morgan fingerprint density at radius 1 is 1.69 bits per heavy atom. The molecule has 3 atom stereocenters. The molecular formula is C10H14ClN3OS. The van der Waals surface area contributed by atoms with Gasteiger partial charge in [-0.05, 0) is 25.5 Å². The lowest BCUT2D eigenvalue weighted by molar-refractivity contribution is 0.655. The van der Waals surface area contributed by atoms with E-state index in [2.05, 4.69) is 9.68 Å². The maximum absolute atomic E-state index is 12.1. The molecule has 4 nitrogen and oxygen atoms in total. The zero-order valence-electron chi connectivity index (χ0n) is 9.40. The molecular weight excluding hydrogens is 246 g/mol. The summed E-state index contributed by atoms with van der Waals surface area (Å²) in [6, 6.07) is 0.00201. The van der Waals surface area contributed by atoms with Gasteiger partial charge < -0.3 is 5.32 Å². The smallest absolute Gasteiger partial charge is 0.214 e. The van der Waals surface area contributed by atoms with Crippen LogP contribution in [0, 0.1) is 11.5 Å². The molecule has 0 saturated carbocycles. The Labute approximate surface area is 101 Å². The van der Waals surface area contributed by atoms with Crippen molar-refractivity contribution in [3.05, 3.63) is 22.9 Å². The summed E-state index contributed by atoms with van der Waals surface area (Å²) >= 11 is 5.82. The molecule has 1 aliphatic heterocycles. The Kier molecular flexibility index (Phi) is 4.00. The normalized spacial score (nSPS) is 25.3. The summed E-state index contributed by atoms with van der Waals surface area (Å²) in [5.74, 6) is 0. The molecule has 0 amide bonds. The van der Waals surface area contributed by atoms with Gasteiger partial charge in [0.15, 0.2) is 0 Å². The molecule has 0 aliphatic carbocycles. The van der Waals surface area contributed by atoms with Gasteiger partial charge in [-0.1, -0.05) is 17.7 Å². The van der Waals surface area contributed by atoms with Gasteiger partial charge in [0.25, 0.3) is 0 Å². The first-order chi connectivity index (χ1) is 7.38. The van der Waals surface area contributed by atoms with E-state index in [-0.39, 0.29) is 11.3 Å². The van der Waals surface area contributed by atoms with Gasteiger partial charge in [0.05, 0.1) is 15.0 Å². The van der Waals surface area contributed by atoms with E-state index in [1.54, 1.807) is 19.2 Å². The number of nitrogens with one attached hydrogen (secondary N) is 1. The number of hydrogen-bond donors (Lipinski definition) is 1. The molecule has 0 saturated heterocycles. The number of nitrogens with zero attached hydrogens (tertiary/aromatic N) is 2. The highest BCUT2D eigenvalue weighted by Crippen LogP contribution is 2.21. The summed E-state index contributed by atoms with van der Waals surface area (Å²) in [5.41, 5.74) is 0.941. The van der Waals surface area contributed by atoms with E-state index >= 15 is 0 Å². The van der Waals surface area contributed by atoms with Gasteiger partial charge in [0.2, 0.25) is 6.19 Å². The molecule has 16 heavy (non-hydrogen) atoms. The van der Waals surface area contributed by atoms with Crippen molar-refractivity contribution in [2.75, 3.05) is 6.26 Å². The fraction of sp³-hybridized carbons (Fsp3) is 0.500. The largest absolute Gasteiger partial charge is 0.370 e. The molecule has 88 valence electrons. The van der Waals surface area contributed by atoms with Crippen LogP contribution in [0.4, 0.5) is 0 Å². The highest BCUT2D eigenvalue weighted by molar-refractivity contribution is 7.93. The van der Waals surface area contributed by atoms with Crippen molar-refractivity contribution in [3.8, 4) is 6.19 Å². The number of rotatable bonds is 2. The van der Waals surface area contributed by atoms with E-state index in [1.807, 2.05) is 13.0 Å². The van der Waals surface area contributed by atoms with Crippen molar-refractivity contribution in [1.82, 2.24) is 5.32 Å². The van der Waals surface area contributed by atoms with Crippen LogP contribution in [0.15, 0.2) is 27.2 Å². The number of halogens is 1. The topological polar surface area (TPSA) is 65.2 Å². The highest BCUT2D eigenvalue weighted by Gasteiger charge is 2.24. The Balaban J connectivity index is 3.09. The third-order valence-electron chi connectivity index (χ3n) is 2.62. The molecule has 1 heterocycles. The summed E-state index contributed by atoms with van der Waals surface area (Å²) in [4.78, 5) is 0. The Morgan fingerprint density at radius 2 is 2.31 bits per heavy atom. The maximum atomic E-state index is 12.1. The first-order valence-corrected chi connectivity index (χ1v) is 7.18. The van der Waals surface area contributed by atoms with Gasteiger partial charge >= 0.3 is 0 Å². The van der Waals surface area contributed by atoms with E-state index in [9.17, 15) is 4.21 Å². The predicted molar refractivity (Wildman–Crippen MR) is 66.2 cm³/mol. The molecule has 1 N–H and O–H groups in total. The minimum absolute atomic E-state index is 0.00201. The zero-order chi connectivity index (χ0) is 12.3. The lowest BCUT2D eigenvalue weighted by Gasteiger charge is -2.26. The molecule has 0 bridgehead atoms. The van der Waals surface area contributed by atoms with Crippen LogP contribution in [-0.2, 0) is 9.73 Å². The van der Waals surface area contributed by atoms with Crippen LogP contribution in [0.5, 0.6) is 0 Å². The minimum atomic E-state index is -2.53. The van der Waals surface area contributed by atoms with Gasteiger partial charge in [-0.2, -0.15) is 5.26 Å². The van der Waals surface area contributed by atoms with Crippen LogP contribution in [0.3, 0.4) is 0 Å². The van der Waals surface area contributed by atoms with Crippen LogP contribution in [0.1, 0.15) is 13.8 Å². The first kappa shape index (κ1) is 13.1. The van der Waals surface area contributed by atoms with Gasteiger partial charge in [-0.25, -0.2) is 4.21 Å². The van der Waals surface area contributed by atoms with Crippen LogP contribution >= 0.6 is 11.6 Å². The highest BCUT2D eigenvalue weighted by atomic mass is 35.5. The third kappa shape index (κ3) is 2.77. The summed E-state index contributed by atoms with van der Waals surface area (Å²) in [5, 5.41) is 11.8. The molecule has 0 spiro atoms. The summed E-state index contributed by atoms with van der Waals surface area (Å²) in [6.45, 7) is 3.74. The lowest BCUT2D eigenvalue weighted by atomic mass is 10.0. The van der Waals surface area contributed by atoms with Gasteiger partial charge in [-0.15, -0.1) is 4.36 Å². The van der Waals surface area contributed by atoms with Crippen molar-refractivity contribution in [2.45, 2.75) is 25.1 Å². The molecule has 1 aliphatic rings. The van der Waals surface area contributed by atoms with Crippen LogP contribution in [0.2, 0.25) is 0 Å². The molecule has 0 aromatic carbocycles. The second-order valence-corrected chi connectivity index (χ2v) is 6.76. The lowest BCUT2D eigenvalue weighted by Crippen LogP contribution is -2.35. The average molecular weight is 260 g/mol. The molecule has 1 rings (SSSR count). The monoisotopic (exact) mass is 259 g/mol. The quantitative estimate of drug-likeness (QED) is 0.609. The molecule has 6 heteroatoms. The number of dihydropyridines is 1. The van der Waals surface area contributed by atoms with E-state index in [4.69, 9.17) is 16.9 Å². The van der Waals surface area contributed by atoms with Crippen molar-refractivity contribution in [2.24, 2.45) is 4.36 Å². The second kappa shape index (κ2) is 4.89. The van der Waals surface area contributed by atoms with Crippen molar-refractivity contribution < 1.29 is 4.21 Å². The van der Waals surface area contributed by atoms with Gasteiger partial charge in [0, 0.05) is 12.3 Å². The standard InChI is InChI=1S/C10H14ClN3OS/c1-7-9(4-5-10(11)14-7)8(2)16(3,15)13-6-12/h4-5,7-8,14H,1-3H3/t7?,8-,16?/m0/s1.